The predicted molar refractivity (Wildman–Crippen MR) is 200 cm³/mol. The van der Waals surface area contributed by atoms with Crippen LogP contribution in [0, 0.1) is 17.8 Å². The molecule has 0 aromatic heterocycles. The lowest BCUT2D eigenvalue weighted by atomic mass is 9.88. The maximum atomic E-state index is 14.1. The molecule has 3 aromatic carbocycles. The third kappa shape index (κ3) is 11.6. The lowest BCUT2D eigenvalue weighted by Crippen LogP contribution is -2.42. The summed E-state index contributed by atoms with van der Waals surface area (Å²) in [6, 6.07) is 24.9. The zero-order valence-electron chi connectivity index (χ0n) is 30.0. The molecule has 266 valence electrons. The number of carbonyl (C=O) groups is 2. The Balaban J connectivity index is 1.59. The van der Waals surface area contributed by atoms with E-state index < -0.39 is 10.0 Å². The molecule has 5 atom stereocenters. The van der Waals surface area contributed by atoms with Crippen LogP contribution in [0.3, 0.4) is 0 Å². The Morgan fingerprint density at radius 3 is 2.06 bits per heavy atom. The number of ketones is 2. The number of benzene rings is 3. The van der Waals surface area contributed by atoms with Gasteiger partial charge in [0, 0.05) is 43.0 Å². The molecule has 1 aliphatic rings. The van der Waals surface area contributed by atoms with Gasteiger partial charge in [0.15, 0.2) is 11.6 Å². The molecule has 0 bridgehead atoms. The fourth-order valence-corrected chi connectivity index (χ4v) is 7.60. The van der Waals surface area contributed by atoms with Crippen LogP contribution in [0.25, 0.3) is 0 Å². The Hall–Kier alpha value is -3.33. The van der Waals surface area contributed by atoms with E-state index in [1.807, 2.05) is 55.5 Å². The predicted octanol–water partition coefficient (Wildman–Crippen LogP) is 7.84. The quantitative estimate of drug-likeness (QED) is 0.125. The molecule has 1 aliphatic carbocycles. The average molecular weight is 689 g/mol. The van der Waals surface area contributed by atoms with Gasteiger partial charge in [-0.25, -0.2) is 8.42 Å². The highest BCUT2D eigenvalue weighted by atomic mass is 32.2. The largest absolute Gasteiger partial charge is 0.393 e. The highest BCUT2D eigenvalue weighted by molar-refractivity contribution is 7.92. The first-order chi connectivity index (χ1) is 23.3. The van der Waals surface area contributed by atoms with Crippen LogP contribution in [0.5, 0.6) is 0 Å². The van der Waals surface area contributed by atoms with Crippen molar-refractivity contribution in [3.05, 3.63) is 101 Å². The number of sulfonamides is 1. The molecule has 8 heteroatoms. The van der Waals surface area contributed by atoms with Gasteiger partial charge in [-0.15, -0.1) is 0 Å². The average Bonchev–Trinajstić information content (AvgIpc) is 3.51. The van der Waals surface area contributed by atoms with E-state index in [4.69, 9.17) is 0 Å². The van der Waals surface area contributed by atoms with Crippen LogP contribution in [0.2, 0.25) is 0 Å². The Morgan fingerprint density at radius 2 is 1.49 bits per heavy atom. The molecule has 3 aromatic rings. The summed E-state index contributed by atoms with van der Waals surface area (Å²) in [5, 5.41) is 14.6. The molecule has 0 saturated heterocycles. The van der Waals surface area contributed by atoms with Crippen LogP contribution in [0.15, 0.2) is 78.9 Å². The summed E-state index contributed by atoms with van der Waals surface area (Å²) >= 11 is 0. The zero-order chi connectivity index (χ0) is 35.6. The van der Waals surface area contributed by atoms with Gasteiger partial charge in [0.1, 0.15) is 0 Å². The fourth-order valence-electron chi connectivity index (χ4n) is 7.12. The van der Waals surface area contributed by atoms with Crippen LogP contribution in [-0.2, 0) is 16.4 Å². The Morgan fingerprint density at radius 1 is 0.878 bits per heavy atom. The molecule has 2 unspecified atom stereocenters. The van der Waals surface area contributed by atoms with Gasteiger partial charge in [-0.3, -0.25) is 13.9 Å². The lowest BCUT2D eigenvalue weighted by molar-refractivity contribution is 0.0939. The van der Waals surface area contributed by atoms with E-state index in [0.717, 1.165) is 60.2 Å². The second-order valence-electron chi connectivity index (χ2n) is 14.6. The molecule has 1 fully saturated rings. The standard InChI is InChI=1S/C41H56N2O5S/c1-29(2)14-12-20-38(37-19-13-21-39(37)44)42-28-32(23-31-15-8-6-9-16-31)24-41(46)35-25-34(26-36(27-35)43(4)49(5,47)48)40(45)22-30(3)33-17-10-7-11-18-33/h6-11,15-18,25-27,29-30,32,37-39,42,44H,12-14,19-24,28H2,1-5H3/t30-,32+,37?,38+,39?/m0/s1. The number of rotatable bonds is 19. The summed E-state index contributed by atoms with van der Waals surface area (Å²) in [6.07, 6.45) is 8.03. The third-order valence-corrected chi connectivity index (χ3v) is 11.3. The molecule has 0 heterocycles. The van der Waals surface area contributed by atoms with Gasteiger partial charge in [0.2, 0.25) is 10.0 Å². The minimum Gasteiger partial charge on any atom is -0.393 e. The van der Waals surface area contributed by atoms with E-state index in [0.29, 0.717) is 35.7 Å². The van der Waals surface area contributed by atoms with Crippen molar-refractivity contribution in [3.63, 3.8) is 0 Å². The van der Waals surface area contributed by atoms with Crippen molar-refractivity contribution in [1.82, 2.24) is 5.32 Å². The summed E-state index contributed by atoms with van der Waals surface area (Å²) in [7, 11) is -2.19. The van der Waals surface area contributed by atoms with Gasteiger partial charge < -0.3 is 10.4 Å². The molecule has 49 heavy (non-hydrogen) atoms. The van der Waals surface area contributed by atoms with Crippen molar-refractivity contribution in [3.8, 4) is 0 Å². The van der Waals surface area contributed by atoms with Crippen molar-refractivity contribution >= 4 is 27.3 Å². The number of anilines is 1. The monoisotopic (exact) mass is 688 g/mol. The van der Waals surface area contributed by atoms with E-state index in [1.54, 1.807) is 18.2 Å². The number of hydrogen-bond donors (Lipinski definition) is 2. The first kappa shape index (κ1) is 38.5. The van der Waals surface area contributed by atoms with Crippen LogP contribution in [0.4, 0.5) is 5.69 Å². The minimum absolute atomic E-state index is 0.0441. The van der Waals surface area contributed by atoms with Crippen molar-refractivity contribution < 1.29 is 23.1 Å². The Bertz CT molecular complexity index is 1610. The smallest absolute Gasteiger partial charge is 0.231 e. The zero-order valence-corrected chi connectivity index (χ0v) is 30.8. The van der Waals surface area contributed by atoms with Crippen LogP contribution in [0.1, 0.15) is 110 Å². The molecule has 4 rings (SSSR count). The number of Topliss-reactive ketones (excluding diaryl/α,β-unsaturated/α-hetero) is 2. The first-order valence-electron chi connectivity index (χ1n) is 18.0. The molecule has 0 aliphatic heterocycles. The summed E-state index contributed by atoms with van der Waals surface area (Å²) < 4.78 is 26.2. The molecule has 0 spiro atoms. The van der Waals surface area contributed by atoms with Crippen molar-refractivity contribution in [2.24, 2.45) is 17.8 Å². The van der Waals surface area contributed by atoms with Crippen LogP contribution < -0.4 is 9.62 Å². The van der Waals surface area contributed by atoms with Crippen LogP contribution >= 0.6 is 0 Å². The van der Waals surface area contributed by atoms with E-state index in [1.165, 1.54) is 7.05 Å². The summed E-state index contributed by atoms with van der Waals surface area (Å²) in [6.45, 7) is 7.08. The van der Waals surface area contributed by atoms with Crippen molar-refractivity contribution in [2.45, 2.75) is 96.6 Å². The van der Waals surface area contributed by atoms with Gasteiger partial charge in [-0.05, 0) is 79.3 Å². The summed E-state index contributed by atoms with van der Waals surface area (Å²) in [5.74, 6) is 0.459. The molecular formula is C41H56N2O5S. The highest BCUT2D eigenvalue weighted by Gasteiger charge is 2.32. The number of nitrogens with zero attached hydrogens (tertiary/aromatic N) is 1. The molecule has 1 saturated carbocycles. The fraction of sp³-hybridized carbons (Fsp3) is 0.512. The maximum absolute atomic E-state index is 14.1. The van der Waals surface area contributed by atoms with Gasteiger partial charge in [0.25, 0.3) is 0 Å². The van der Waals surface area contributed by atoms with Crippen molar-refractivity contribution in [1.29, 1.82) is 0 Å². The number of carbonyl (C=O) groups excluding carboxylic acids is 2. The second kappa shape index (κ2) is 18.1. The normalized spacial score (nSPS) is 18.3. The van der Waals surface area contributed by atoms with Crippen molar-refractivity contribution in [2.75, 3.05) is 24.2 Å². The topological polar surface area (TPSA) is 104 Å². The summed E-state index contributed by atoms with van der Waals surface area (Å²) in [5.41, 5.74) is 3.14. The number of nitrogens with one attached hydrogen (secondary N) is 1. The van der Waals surface area contributed by atoms with Gasteiger partial charge in [-0.2, -0.15) is 0 Å². The number of aliphatic hydroxyl groups is 1. The first-order valence-corrected chi connectivity index (χ1v) is 19.8. The lowest BCUT2D eigenvalue weighted by Gasteiger charge is -2.30. The van der Waals surface area contributed by atoms with Gasteiger partial charge >= 0.3 is 0 Å². The SMILES string of the molecule is CC(C)CCC[C@@H](NC[C@@H](CC(=O)c1cc(C(=O)C[C@H](C)c2ccccc2)cc(N(C)S(C)(=O)=O)c1)Cc1ccccc1)C1CCCC1O. The number of aliphatic hydroxyl groups excluding tert-OH is 1. The van der Waals surface area contributed by atoms with Crippen LogP contribution in [-0.4, -0.2) is 57.1 Å². The van der Waals surface area contributed by atoms with E-state index >= 15 is 0 Å². The molecule has 2 N–H and O–H groups in total. The summed E-state index contributed by atoms with van der Waals surface area (Å²) in [4.78, 5) is 27.8. The third-order valence-electron chi connectivity index (χ3n) is 10.1. The molecular weight excluding hydrogens is 633 g/mol. The van der Waals surface area contributed by atoms with Gasteiger partial charge in [-0.1, -0.05) is 101 Å². The van der Waals surface area contributed by atoms with E-state index in [-0.39, 0.29) is 54.3 Å². The molecule has 7 nitrogen and oxygen atoms in total. The Labute approximate surface area is 294 Å². The second-order valence-corrected chi connectivity index (χ2v) is 16.6. The van der Waals surface area contributed by atoms with Gasteiger partial charge in [0.05, 0.1) is 18.0 Å². The molecule has 0 amide bonds. The molecule has 0 radical (unpaired) electrons. The number of hydrogen-bond acceptors (Lipinski definition) is 6. The van der Waals surface area contributed by atoms with E-state index in [2.05, 4.69) is 31.3 Å². The minimum atomic E-state index is -3.63. The van der Waals surface area contributed by atoms with E-state index in [9.17, 15) is 23.1 Å². The maximum Gasteiger partial charge on any atom is 0.231 e. The Kier molecular flexibility index (Phi) is 14.2. The highest BCUT2D eigenvalue weighted by Crippen LogP contribution is 2.32.